The summed E-state index contributed by atoms with van der Waals surface area (Å²) in [4.78, 5) is 14.1. The second kappa shape index (κ2) is 7.18. The Balaban J connectivity index is 1.53. The van der Waals surface area contributed by atoms with Crippen molar-refractivity contribution in [2.75, 3.05) is 37.7 Å². The number of rotatable bonds is 3. The largest absolute Gasteiger partial charge is 0.373 e. The van der Waals surface area contributed by atoms with Crippen molar-refractivity contribution in [1.82, 2.24) is 10.2 Å². The van der Waals surface area contributed by atoms with E-state index in [4.69, 9.17) is 4.74 Å². The summed E-state index contributed by atoms with van der Waals surface area (Å²) in [7, 11) is 0. The number of carbonyl (C=O) groups excluding carboxylic acids is 1. The second-order valence-corrected chi connectivity index (χ2v) is 6.76. The van der Waals surface area contributed by atoms with Crippen LogP contribution in [0.2, 0.25) is 0 Å². The Labute approximate surface area is 130 Å². The number of thioether (sulfide) groups is 1. The lowest BCUT2D eigenvalue weighted by molar-refractivity contribution is 0.0905. The third-order valence-corrected chi connectivity index (χ3v) is 5.10. The van der Waals surface area contributed by atoms with Crippen LogP contribution < -0.4 is 5.32 Å². The van der Waals surface area contributed by atoms with Gasteiger partial charge in [0.05, 0.1) is 6.10 Å². The molecule has 2 saturated heterocycles. The Morgan fingerprint density at radius 3 is 2.81 bits per heavy atom. The molecule has 2 heterocycles. The minimum atomic E-state index is 0.0778. The summed E-state index contributed by atoms with van der Waals surface area (Å²) in [5.74, 6) is 2.47. The van der Waals surface area contributed by atoms with Crippen LogP contribution in [0.3, 0.4) is 0 Å². The van der Waals surface area contributed by atoms with Gasteiger partial charge in [0.25, 0.3) is 0 Å². The number of hydrogen-bond acceptors (Lipinski definition) is 3. The minimum absolute atomic E-state index is 0.0778. The van der Waals surface area contributed by atoms with E-state index in [1.54, 1.807) is 0 Å². The first-order valence-electron chi connectivity index (χ1n) is 7.61. The van der Waals surface area contributed by atoms with Gasteiger partial charge in [-0.25, -0.2) is 4.79 Å². The first-order valence-corrected chi connectivity index (χ1v) is 8.77. The van der Waals surface area contributed by atoms with Crippen molar-refractivity contribution in [1.29, 1.82) is 0 Å². The van der Waals surface area contributed by atoms with Gasteiger partial charge in [-0.1, -0.05) is 30.3 Å². The molecule has 114 valence electrons. The molecule has 2 aliphatic rings. The number of urea groups is 1. The van der Waals surface area contributed by atoms with Crippen molar-refractivity contribution in [2.45, 2.75) is 12.5 Å². The molecule has 4 nitrogen and oxygen atoms in total. The molecule has 2 atom stereocenters. The smallest absolute Gasteiger partial charge is 0.317 e. The van der Waals surface area contributed by atoms with E-state index in [2.05, 4.69) is 17.4 Å². The number of nitrogens with zero attached hydrogens (tertiary/aromatic N) is 1. The Kier molecular flexibility index (Phi) is 5.04. The van der Waals surface area contributed by atoms with Crippen LogP contribution in [0, 0.1) is 5.92 Å². The molecule has 1 N–H and O–H groups in total. The average Bonchev–Trinajstić information content (AvgIpc) is 3.03. The van der Waals surface area contributed by atoms with Gasteiger partial charge in [0.1, 0.15) is 0 Å². The molecule has 1 aromatic carbocycles. The van der Waals surface area contributed by atoms with Gasteiger partial charge >= 0.3 is 6.03 Å². The summed E-state index contributed by atoms with van der Waals surface area (Å²) >= 11 is 1.92. The SMILES string of the molecule is O=C(NC[C@H]1CCO[C@@H]1c1ccccc1)N1CCSCC1. The van der Waals surface area contributed by atoms with Crippen LogP contribution in [0.1, 0.15) is 18.1 Å². The van der Waals surface area contributed by atoms with Crippen LogP contribution >= 0.6 is 11.8 Å². The van der Waals surface area contributed by atoms with E-state index in [9.17, 15) is 4.79 Å². The van der Waals surface area contributed by atoms with Gasteiger partial charge in [0.15, 0.2) is 0 Å². The van der Waals surface area contributed by atoms with Crippen molar-refractivity contribution in [2.24, 2.45) is 5.92 Å². The number of hydrogen-bond donors (Lipinski definition) is 1. The van der Waals surface area contributed by atoms with Gasteiger partial charge < -0.3 is 15.0 Å². The van der Waals surface area contributed by atoms with Gasteiger partial charge in [-0.2, -0.15) is 11.8 Å². The Morgan fingerprint density at radius 1 is 1.29 bits per heavy atom. The first-order chi connectivity index (χ1) is 10.3. The van der Waals surface area contributed by atoms with E-state index in [0.717, 1.165) is 37.6 Å². The molecule has 3 rings (SSSR count). The fourth-order valence-corrected chi connectivity index (χ4v) is 3.85. The highest BCUT2D eigenvalue weighted by molar-refractivity contribution is 7.99. The summed E-state index contributed by atoms with van der Waals surface area (Å²) in [6.45, 7) is 3.20. The van der Waals surface area contributed by atoms with E-state index >= 15 is 0 Å². The fraction of sp³-hybridized carbons (Fsp3) is 0.562. The standard InChI is InChI=1S/C16H22N2O2S/c19-16(18-7-10-21-11-8-18)17-12-14-6-9-20-15(14)13-4-2-1-3-5-13/h1-5,14-15H,6-12H2,(H,17,19)/t14-,15-/m1/s1. The van der Waals surface area contributed by atoms with Crippen LogP contribution in [0.5, 0.6) is 0 Å². The van der Waals surface area contributed by atoms with Gasteiger partial charge in [0.2, 0.25) is 0 Å². The number of benzene rings is 1. The van der Waals surface area contributed by atoms with Gasteiger partial charge in [0, 0.05) is 43.7 Å². The summed E-state index contributed by atoms with van der Waals surface area (Å²) in [5.41, 5.74) is 1.21. The molecule has 21 heavy (non-hydrogen) atoms. The number of carbonyl (C=O) groups is 1. The zero-order valence-electron chi connectivity index (χ0n) is 12.2. The normalized spacial score (nSPS) is 25.8. The first kappa shape index (κ1) is 14.7. The monoisotopic (exact) mass is 306 g/mol. The van der Waals surface area contributed by atoms with Gasteiger partial charge in [-0.3, -0.25) is 0 Å². The Hall–Kier alpha value is -1.20. The second-order valence-electron chi connectivity index (χ2n) is 5.54. The third kappa shape index (κ3) is 3.71. The molecule has 0 aromatic heterocycles. The fourth-order valence-electron chi connectivity index (χ4n) is 2.95. The summed E-state index contributed by atoms with van der Waals surface area (Å²) in [6, 6.07) is 10.4. The quantitative estimate of drug-likeness (QED) is 0.933. The van der Waals surface area contributed by atoms with E-state index in [1.165, 1.54) is 5.56 Å². The zero-order valence-corrected chi connectivity index (χ0v) is 13.0. The molecule has 2 aliphatic heterocycles. The molecule has 0 spiro atoms. The van der Waals surface area contributed by atoms with Gasteiger partial charge in [-0.05, 0) is 12.0 Å². The predicted molar refractivity (Wildman–Crippen MR) is 85.5 cm³/mol. The maximum atomic E-state index is 12.2. The predicted octanol–water partition coefficient (Wildman–Crippen LogP) is 2.52. The summed E-state index contributed by atoms with van der Waals surface area (Å²) < 4.78 is 5.86. The third-order valence-electron chi connectivity index (χ3n) is 4.16. The molecule has 0 radical (unpaired) electrons. The lowest BCUT2D eigenvalue weighted by Gasteiger charge is -2.27. The molecule has 5 heteroatoms. The molecule has 1 aromatic rings. The molecule has 0 saturated carbocycles. The topological polar surface area (TPSA) is 41.6 Å². The Bertz CT molecular complexity index is 463. The van der Waals surface area contributed by atoms with Crippen LogP contribution in [-0.4, -0.2) is 48.7 Å². The zero-order chi connectivity index (χ0) is 14.5. The highest BCUT2D eigenvalue weighted by Gasteiger charge is 2.30. The summed E-state index contributed by atoms with van der Waals surface area (Å²) in [6.07, 6.45) is 1.12. The molecule has 0 aliphatic carbocycles. The molecule has 0 unspecified atom stereocenters. The van der Waals surface area contributed by atoms with Crippen molar-refractivity contribution in [3.63, 3.8) is 0 Å². The number of ether oxygens (including phenoxy) is 1. The minimum Gasteiger partial charge on any atom is -0.373 e. The van der Waals surface area contributed by atoms with Crippen LogP contribution in [0.15, 0.2) is 30.3 Å². The van der Waals surface area contributed by atoms with Crippen molar-refractivity contribution in [3.05, 3.63) is 35.9 Å². The van der Waals surface area contributed by atoms with E-state index in [1.807, 2.05) is 34.9 Å². The molecule has 2 fully saturated rings. The summed E-state index contributed by atoms with van der Waals surface area (Å²) in [5, 5.41) is 3.09. The van der Waals surface area contributed by atoms with E-state index in [0.29, 0.717) is 12.5 Å². The van der Waals surface area contributed by atoms with Crippen LogP contribution in [0.25, 0.3) is 0 Å². The van der Waals surface area contributed by atoms with E-state index < -0.39 is 0 Å². The lowest BCUT2D eigenvalue weighted by Crippen LogP contribution is -2.45. The number of amides is 2. The highest BCUT2D eigenvalue weighted by Crippen LogP contribution is 2.33. The molecular formula is C16H22N2O2S. The molecule has 0 bridgehead atoms. The Morgan fingerprint density at radius 2 is 2.05 bits per heavy atom. The maximum absolute atomic E-state index is 12.2. The van der Waals surface area contributed by atoms with E-state index in [-0.39, 0.29) is 12.1 Å². The maximum Gasteiger partial charge on any atom is 0.317 e. The van der Waals surface area contributed by atoms with Crippen molar-refractivity contribution >= 4 is 17.8 Å². The molecule has 2 amide bonds. The number of nitrogens with one attached hydrogen (secondary N) is 1. The van der Waals surface area contributed by atoms with Crippen molar-refractivity contribution < 1.29 is 9.53 Å². The van der Waals surface area contributed by atoms with Crippen LogP contribution in [0.4, 0.5) is 4.79 Å². The highest BCUT2D eigenvalue weighted by atomic mass is 32.2. The van der Waals surface area contributed by atoms with Crippen LogP contribution in [-0.2, 0) is 4.74 Å². The lowest BCUT2D eigenvalue weighted by atomic mass is 9.95. The molecular weight excluding hydrogens is 284 g/mol. The van der Waals surface area contributed by atoms with Crippen molar-refractivity contribution in [3.8, 4) is 0 Å². The van der Waals surface area contributed by atoms with Gasteiger partial charge in [-0.15, -0.1) is 0 Å². The average molecular weight is 306 g/mol.